The van der Waals surface area contributed by atoms with Crippen LogP contribution in [-0.2, 0) is 5.75 Å². The highest BCUT2D eigenvalue weighted by molar-refractivity contribution is 7.98. The first-order valence-corrected chi connectivity index (χ1v) is 8.83. The Labute approximate surface area is 154 Å². The van der Waals surface area contributed by atoms with Crippen molar-refractivity contribution in [1.29, 1.82) is 0 Å². The molecule has 1 aromatic heterocycles. The molecule has 8 heteroatoms. The molecular weight excluding hydrogens is 356 g/mol. The minimum absolute atomic E-state index is 0.0299. The molecule has 0 saturated carbocycles. The Morgan fingerprint density at radius 2 is 2.08 bits per heavy atom. The minimum Gasteiger partial charge on any atom is -0.504 e. The average Bonchev–Trinajstić information content (AvgIpc) is 3.00. The number of ether oxygens (including phenoxy) is 1. The largest absolute Gasteiger partial charge is 0.504 e. The number of hydrogen-bond donors (Lipinski definition) is 2. The van der Waals surface area contributed by atoms with E-state index in [1.165, 1.54) is 35.3 Å². The van der Waals surface area contributed by atoms with Gasteiger partial charge >= 0.3 is 0 Å². The Kier molecular flexibility index (Phi) is 5.52. The third-order valence-electron chi connectivity index (χ3n) is 3.39. The van der Waals surface area contributed by atoms with Crippen LogP contribution in [0.3, 0.4) is 0 Å². The molecule has 0 bridgehead atoms. The Hall–Kier alpha value is -2.58. The molecule has 6 nitrogen and oxygen atoms in total. The number of benzene rings is 2. The minimum atomic E-state index is 0.0299. The van der Waals surface area contributed by atoms with Crippen molar-refractivity contribution in [3.8, 4) is 11.5 Å². The zero-order valence-corrected chi connectivity index (χ0v) is 15.0. The Bertz CT molecular complexity index is 935. The van der Waals surface area contributed by atoms with Crippen LogP contribution < -0.4 is 4.74 Å². The fraction of sp³-hybridized carbons (Fsp3) is 0.118. The van der Waals surface area contributed by atoms with E-state index < -0.39 is 0 Å². The smallest absolute Gasteiger partial charge is 0.217 e. The second-order valence-electron chi connectivity index (χ2n) is 5.04. The van der Waals surface area contributed by atoms with E-state index in [1.54, 1.807) is 18.2 Å². The number of aromatic hydroxyl groups is 1. The lowest BCUT2D eigenvalue weighted by molar-refractivity contribution is 0.373. The SMILES string of the molecule is COc1cccc(/C=N/n2c(SCc3ccccc3)n[nH]c2=S)c1O. The normalized spacial score (nSPS) is 11.1. The molecule has 3 aromatic rings. The summed E-state index contributed by atoms with van der Waals surface area (Å²) in [5.41, 5.74) is 1.71. The number of aromatic amines is 1. The van der Waals surface area contributed by atoms with Crippen LogP contribution in [0, 0.1) is 4.77 Å². The highest BCUT2D eigenvalue weighted by Gasteiger charge is 2.08. The van der Waals surface area contributed by atoms with Crippen LogP contribution in [-0.4, -0.2) is 33.3 Å². The van der Waals surface area contributed by atoms with E-state index in [2.05, 4.69) is 27.4 Å². The predicted molar refractivity (Wildman–Crippen MR) is 101 cm³/mol. The highest BCUT2D eigenvalue weighted by Crippen LogP contribution is 2.28. The van der Waals surface area contributed by atoms with Crippen molar-refractivity contribution < 1.29 is 9.84 Å². The van der Waals surface area contributed by atoms with Gasteiger partial charge in [-0.1, -0.05) is 48.2 Å². The van der Waals surface area contributed by atoms with Crippen molar-refractivity contribution in [1.82, 2.24) is 14.9 Å². The van der Waals surface area contributed by atoms with E-state index in [1.807, 2.05) is 18.2 Å². The molecule has 2 aromatic carbocycles. The summed E-state index contributed by atoms with van der Waals surface area (Å²) >= 11 is 6.75. The monoisotopic (exact) mass is 372 g/mol. The number of rotatable bonds is 6. The van der Waals surface area contributed by atoms with Gasteiger partial charge in [0, 0.05) is 11.3 Å². The summed E-state index contributed by atoms with van der Waals surface area (Å²) in [6.07, 6.45) is 1.52. The molecule has 0 spiro atoms. The number of para-hydroxylation sites is 1. The summed E-state index contributed by atoms with van der Waals surface area (Å²) in [4.78, 5) is 0. The van der Waals surface area contributed by atoms with Crippen LogP contribution in [0.4, 0.5) is 0 Å². The van der Waals surface area contributed by atoms with Gasteiger partial charge in [-0.15, -0.1) is 5.10 Å². The van der Waals surface area contributed by atoms with E-state index in [0.29, 0.717) is 21.2 Å². The fourth-order valence-corrected chi connectivity index (χ4v) is 3.22. The lowest BCUT2D eigenvalue weighted by atomic mass is 10.2. The Morgan fingerprint density at radius 3 is 2.84 bits per heavy atom. The van der Waals surface area contributed by atoms with Crippen LogP contribution in [0.25, 0.3) is 0 Å². The van der Waals surface area contributed by atoms with Gasteiger partial charge in [0.1, 0.15) is 0 Å². The zero-order chi connectivity index (χ0) is 17.6. The maximum absolute atomic E-state index is 10.1. The molecule has 1 heterocycles. The van der Waals surface area contributed by atoms with Gasteiger partial charge in [-0.25, -0.2) is 5.10 Å². The van der Waals surface area contributed by atoms with Crippen molar-refractivity contribution in [2.24, 2.45) is 5.10 Å². The van der Waals surface area contributed by atoms with Gasteiger partial charge in [-0.3, -0.25) is 0 Å². The van der Waals surface area contributed by atoms with Gasteiger partial charge in [0.15, 0.2) is 11.5 Å². The van der Waals surface area contributed by atoms with Crippen LogP contribution >= 0.6 is 24.0 Å². The van der Waals surface area contributed by atoms with Gasteiger partial charge in [0.25, 0.3) is 0 Å². The standard InChI is InChI=1S/C17H16N4O2S2/c1-23-14-9-5-8-13(15(14)22)10-18-21-16(24)19-20-17(21)25-11-12-6-3-2-4-7-12/h2-10,22H,11H2,1H3,(H,19,24)/b18-10+. The van der Waals surface area contributed by atoms with E-state index in [4.69, 9.17) is 17.0 Å². The number of H-pyrrole nitrogens is 1. The van der Waals surface area contributed by atoms with Crippen molar-refractivity contribution in [2.75, 3.05) is 7.11 Å². The summed E-state index contributed by atoms with van der Waals surface area (Å²) < 4.78 is 7.01. The van der Waals surface area contributed by atoms with E-state index in [9.17, 15) is 5.11 Å². The molecule has 2 N–H and O–H groups in total. The summed E-state index contributed by atoms with van der Waals surface area (Å²) in [5.74, 6) is 1.17. The molecule has 0 radical (unpaired) electrons. The third-order valence-corrected chi connectivity index (χ3v) is 4.66. The molecule has 0 fully saturated rings. The van der Waals surface area contributed by atoms with Crippen molar-refractivity contribution in [2.45, 2.75) is 10.9 Å². The second kappa shape index (κ2) is 8.00. The van der Waals surface area contributed by atoms with Crippen LogP contribution in [0.15, 0.2) is 58.8 Å². The molecular formula is C17H16N4O2S2. The van der Waals surface area contributed by atoms with Gasteiger partial charge in [-0.2, -0.15) is 9.78 Å². The maximum atomic E-state index is 10.1. The number of hydrogen-bond acceptors (Lipinski definition) is 6. The van der Waals surface area contributed by atoms with E-state index >= 15 is 0 Å². The zero-order valence-electron chi connectivity index (χ0n) is 13.4. The average molecular weight is 372 g/mol. The van der Waals surface area contributed by atoms with Gasteiger partial charge in [0.2, 0.25) is 9.93 Å². The number of phenols is 1. The third kappa shape index (κ3) is 4.09. The lowest BCUT2D eigenvalue weighted by Gasteiger charge is -2.05. The van der Waals surface area contributed by atoms with E-state index in [0.717, 1.165) is 5.75 Å². The van der Waals surface area contributed by atoms with Crippen LogP contribution in [0.2, 0.25) is 0 Å². The quantitative estimate of drug-likeness (QED) is 0.391. The lowest BCUT2D eigenvalue weighted by Crippen LogP contribution is -1.95. The van der Waals surface area contributed by atoms with E-state index in [-0.39, 0.29) is 5.75 Å². The Balaban J connectivity index is 1.81. The number of nitrogens with zero attached hydrogens (tertiary/aromatic N) is 3. The maximum Gasteiger partial charge on any atom is 0.217 e. The first-order chi connectivity index (χ1) is 12.2. The molecule has 3 rings (SSSR count). The number of thioether (sulfide) groups is 1. The molecule has 0 aliphatic carbocycles. The topological polar surface area (TPSA) is 75.4 Å². The van der Waals surface area contributed by atoms with Gasteiger partial charge in [0.05, 0.1) is 13.3 Å². The molecule has 0 amide bonds. The summed E-state index contributed by atoms with van der Waals surface area (Å²) in [6.45, 7) is 0. The molecule has 0 atom stereocenters. The van der Waals surface area contributed by atoms with Crippen molar-refractivity contribution in [3.05, 3.63) is 64.4 Å². The van der Waals surface area contributed by atoms with Gasteiger partial charge in [-0.05, 0) is 29.9 Å². The molecule has 128 valence electrons. The fourth-order valence-electron chi connectivity index (χ4n) is 2.12. The number of phenolic OH excluding ortho intramolecular Hbond substituents is 1. The summed E-state index contributed by atoms with van der Waals surface area (Å²) in [7, 11) is 1.50. The molecule has 0 aliphatic rings. The Morgan fingerprint density at radius 1 is 1.28 bits per heavy atom. The van der Waals surface area contributed by atoms with Crippen LogP contribution in [0.1, 0.15) is 11.1 Å². The number of methoxy groups -OCH3 is 1. The second-order valence-corrected chi connectivity index (χ2v) is 6.37. The number of aromatic nitrogens is 3. The summed E-state index contributed by atoms with van der Waals surface area (Å²) in [6, 6.07) is 15.3. The van der Waals surface area contributed by atoms with Crippen molar-refractivity contribution >= 4 is 30.2 Å². The first kappa shape index (κ1) is 17.2. The van der Waals surface area contributed by atoms with Crippen LogP contribution in [0.5, 0.6) is 11.5 Å². The highest BCUT2D eigenvalue weighted by atomic mass is 32.2. The molecule has 0 aliphatic heterocycles. The summed E-state index contributed by atoms with van der Waals surface area (Å²) in [5, 5.41) is 22.1. The molecule has 0 unspecified atom stereocenters. The first-order valence-electron chi connectivity index (χ1n) is 7.43. The predicted octanol–water partition coefficient (Wildman–Crippen LogP) is 3.83. The van der Waals surface area contributed by atoms with Crippen molar-refractivity contribution in [3.63, 3.8) is 0 Å². The molecule has 25 heavy (non-hydrogen) atoms. The van der Waals surface area contributed by atoms with Gasteiger partial charge < -0.3 is 9.84 Å². The molecule has 0 saturated heterocycles. The number of nitrogens with one attached hydrogen (secondary N) is 1.